The first-order chi connectivity index (χ1) is 13.2. The molecule has 0 aromatic heterocycles. The molecule has 0 aliphatic carbocycles. The van der Waals surface area contributed by atoms with Gasteiger partial charge in [-0.1, -0.05) is 6.92 Å². The van der Waals surface area contributed by atoms with Gasteiger partial charge in [-0.15, -0.1) is 0 Å². The summed E-state index contributed by atoms with van der Waals surface area (Å²) in [5, 5.41) is 8.78. The van der Waals surface area contributed by atoms with Crippen molar-refractivity contribution in [3.8, 4) is 0 Å². The Balaban J connectivity index is 5.39. The Bertz CT molecular complexity index is 524. The highest BCUT2D eigenvalue weighted by molar-refractivity contribution is 6.15. The molecule has 28 heavy (non-hydrogen) atoms. The zero-order valence-corrected chi connectivity index (χ0v) is 16.1. The van der Waals surface area contributed by atoms with Gasteiger partial charge in [0.1, 0.15) is 5.78 Å². The fourth-order valence-electron chi connectivity index (χ4n) is 2.63. The van der Waals surface area contributed by atoms with Gasteiger partial charge in [-0.3, -0.25) is 24.0 Å². The van der Waals surface area contributed by atoms with Gasteiger partial charge < -0.3 is 21.0 Å². The second-order valence-corrected chi connectivity index (χ2v) is 6.42. The van der Waals surface area contributed by atoms with E-state index in [4.69, 9.17) is 23.9 Å². The van der Waals surface area contributed by atoms with Crippen LogP contribution in [-0.2, 0) is 24.0 Å². The van der Waals surface area contributed by atoms with Crippen LogP contribution in [0.25, 0.3) is 0 Å². The van der Waals surface area contributed by atoms with Crippen molar-refractivity contribution in [2.24, 2.45) is 0 Å². The summed E-state index contributed by atoms with van der Waals surface area (Å²) >= 11 is 0. The van der Waals surface area contributed by atoms with E-state index in [1.54, 1.807) is 6.92 Å². The van der Waals surface area contributed by atoms with Gasteiger partial charge in [-0.05, 0) is 19.3 Å². The fraction of sp³-hybridized carbons (Fsp3) is 0.688. The predicted molar refractivity (Wildman–Crippen MR) is 105 cm³/mol. The number of Topliss-reactive ketones (excluding diaryl/α,β-unsaturated/α-hetero) is 1. The third-order valence-corrected chi connectivity index (χ3v) is 4.40. The van der Waals surface area contributed by atoms with E-state index in [0.29, 0.717) is 6.42 Å². The molecule has 0 aromatic carbocycles. The molecule has 148 valence electrons. The van der Waals surface area contributed by atoms with Gasteiger partial charge in [0.25, 0.3) is 0 Å². The monoisotopic (exact) mass is 386 g/mol. The molecule has 0 atom stereocenters. The average molecular weight is 386 g/mol. The van der Waals surface area contributed by atoms with E-state index < -0.39 is 29.2 Å². The van der Waals surface area contributed by atoms with Crippen molar-refractivity contribution in [1.29, 1.82) is 0 Å². The lowest BCUT2D eigenvalue weighted by atomic mass is 9.82. The van der Waals surface area contributed by atoms with Crippen LogP contribution in [0.2, 0.25) is 0 Å². The topological polar surface area (TPSA) is 133 Å². The second-order valence-electron chi connectivity index (χ2n) is 6.42. The molecule has 0 bridgehead atoms. The molecule has 0 aliphatic heterocycles. The van der Waals surface area contributed by atoms with Crippen LogP contribution in [-0.4, -0.2) is 58.9 Å². The van der Waals surface area contributed by atoms with E-state index in [9.17, 15) is 24.0 Å². The average Bonchev–Trinajstić information content (AvgIpc) is 2.71. The Morgan fingerprint density at radius 3 is 1.36 bits per heavy atom. The number of carbonyl (C=O) groups is 5. The van der Waals surface area contributed by atoms with Crippen molar-refractivity contribution in [1.82, 2.24) is 21.0 Å². The highest BCUT2D eigenvalue weighted by Crippen LogP contribution is 2.26. The summed E-state index contributed by atoms with van der Waals surface area (Å²) in [6, 6.07) is 0. The van der Waals surface area contributed by atoms with E-state index in [2.05, 4.69) is 5.32 Å². The highest BCUT2D eigenvalue weighted by atomic mass is 16.2. The maximum atomic E-state index is 12.4. The molecule has 0 fully saturated rings. The van der Waals surface area contributed by atoms with Crippen molar-refractivity contribution >= 4 is 53.4 Å². The number of hydrogen-bond acceptors (Lipinski definition) is 5. The zero-order valence-electron chi connectivity index (χ0n) is 16.1. The fourth-order valence-corrected chi connectivity index (χ4v) is 2.63. The molecule has 0 rings (SSSR count). The van der Waals surface area contributed by atoms with Crippen LogP contribution in [0, 0.1) is 0 Å². The third-order valence-electron chi connectivity index (χ3n) is 4.40. The van der Waals surface area contributed by atoms with Gasteiger partial charge in [0, 0.05) is 44.1 Å². The minimum atomic E-state index is -1.06. The lowest BCUT2D eigenvalue weighted by molar-refractivity contribution is -0.128. The van der Waals surface area contributed by atoms with Crippen LogP contribution < -0.4 is 21.0 Å². The molecule has 12 heteroatoms. The lowest BCUT2D eigenvalue weighted by Gasteiger charge is -2.35. The van der Waals surface area contributed by atoms with Gasteiger partial charge >= 0.3 is 0 Å². The first-order valence-electron chi connectivity index (χ1n) is 9.03. The van der Waals surface area contributed by atoms with Gasteiger partial charge in [0.2, 0.25) is 47.6 Å². The first kappa shape index (κ1) is 25.7. The van der Waals surface area contributed by atoms with Crippen molar-refractivity contribution in [3.63, 3.8) is 0 Å². The predicted octanol–water partition coefficient (Wildman–Crippen LogP) is -1.46. The van der Waals surface area contributed by atoms with E-state index in [1.165, 1.54) is 0 Å². The van der Waals surface area contributed by atoms with Crippen LogP contribution >= 0.6 is 0 Å². The van der Waals surface area contributed by atoms with E-state index in [1.807, 2.05) is 15.7 Å². The Kier molecular flexibility index (Phi) is 12.7. The van der Waals surface area contributed by atoms with Gasteiger partial charge in [0.05, 0.1) is 0 Å². The lowest BCUT2D eigenvalue weighted by Crippen LogP contribution is -2.50. The summed E-state index contributed by atoms with van der Waals surface area (Å²) in [5.74, 6) is -1.88. The summed E-state index contributed by atoms with van der Waals surface area (Å²) in [5.41, 5.74) is -1.06. The Labute approximate surface area is 169 Å². The van der Waals surface area contributed by atoms with Crippen molar-refractivity contribution in [2.75, 3.05) is 0 Å². The molecule has 4 amide bonds. The number of amides is 4. The van der Waals surface area contributed by atoms with Crippen molar-refractivity contribution in [3.05, 3.63) is 0 Å². The minimum absolute atomic E-state index is 0.0380. The molecule has 0 saturated carbocycles. The number of carbonyl (C=O) groups excluding carboxylic acids is 5. The summed E-state index contributed by atoms with van der Waals surface area (Å²) < 4.78 is 0. The number of nitrogens with one attached hydrogen (secondary N) is 4. The van der Waals surface area contributed by atoms with Crippen LogP contribution in [0.5, 0.6) is 0 Å². The molecule has 4 N–H and O–H groups in total. The number of rotatable bonds is 14. The largest absolute Gasteiger partial charge is 0.409 e. The Morgan fingerprint density at radius 1 is 0.643 bits per heavy atom. The molecule has 6 radical (unpaired) electrons. The molecule has 0 aromatic rings. The molecule has 0 heterocycles. The van der Waals surface area contributed by atoms with Gasteiger partial charge in [-0.25, -0.2) is 0 Å². The van der Waals surface area contributed by atoms with Crippen molar-refractivity contribution in [2.45, 2.75) is 70.3 Å². The highest BCUT2D eigenvalue weighted by Gasteiger charge is 2.33. The van der Waals surface area contributed by atoms with Crippen LogP contribution in [0.1, 0.15) is 64.7 Å². The Hall–Kier alpha value is -2.26. The SMILES string of the molecule is [B]NC(=O)CCC(CCC(=O)N[B])(CCC(=O)N[B])NC(=O)CCC(=O)CC. The molecule has 0 spiro atoms. The molecular formula is C16H25B3N4O5. The first-order valence-corrected chi connectivity index (χ1v) is 9.03. The van der Waals surface area contributed by atoms with E-state index >= 15 is 0 Å². The summed E-state index contributed by atoms with van der Waals surface area (Å²) in [6.45, 7) is 1.70. The molecule has 0 aliphatic rings. The summed E-state index contributed by atoms with van der Waals surface area (Å²) in [4.78, 5) is 58.6. The van der Waals surface area contributed by atoms with Gasteiger partial charge in [-0.2, -0.15) is 0 Å². The number of ketones is 1. The summed E-state index contributed by atoms with van der Waals surface area (Å²) in [6.07, 6.45) is 0.607. The maximum Gasteiger partial charge on any atom is 0.226 e. The molecular weight excluding hydrogens is 361 g/mol. The van der Waals surface area contributed by atoms with E-state index in [-0.39, 0.29) is 57.1 Å². The summed E-state index contributed by atoms with van der Waals surface area (Å²) in [7, 11) is 15.3. The molecule has 9 nitrogen and oxygen atoms in total. The Morgan fingerprint density at radius 2 is 1.04 bits per heavy atom. The van der Waals surface area contributed by atoms with E-state index in [0.717, 1.165) is 0 Å². The van der Waals surface area contributed by atoms with Crippen LogP contribution in [0.3, 0.4) is 0 Å². The van der Waals surface area contributed by atoms with Gasteiger partial charge in [0.15, 0.2) is 0 Å². The second kappa shape index (κ2) is 13.8. The molecule has 0 unspecified atom stereocenters. The molecule has 0 saturated heterocycles. The third kappa shape index (κ3) is 10.8. The smallest absolute Gasteiger partial charge is 0.226 e. The normalized spacial score (nSPS) is 10.6. The standard InChI is InChI=1S/C16H25B3N4O5/c1-2-11(24)3-4-12(25)20-16(8-5-13(26)21-17,9-6-14(27)22-18)10-7-15(28)23-19/h2-10H2,1H3,(H,20,25)(H,21,26)(H,22,27)(H,23,28). The minimum Gasteiger partial charge on any atom is -0.409 e. The number of hydrogen-bond donors (Lipinski definition) is 4. The maximum absolute atomic E-state index is 12.4. The zero-order chi connectivity index (χ0) is 21.6. The van der Waals surface area contributed by atoms with Crippen LogP contribution in [0.15, 0.2) is 0 Å². The quantitative estimate of drug-likeness (QED) is 0.271. The van der Waals surface area contributed by atoms with Crippen LogP contribution in [0.4, 0.5) is 0 Å². The van der Waals surface area contributed by atoms with Crippen molar-refractivity contribution < 1.29 is 24.0 Å².